The van der Waals surface area contributed by atoms with Gasteiger partial charge in [-0.15, -0.1) is 10.2 Å². The predicted molar refractivity (Wildman–Crippen MR) is 114 cm³/mol. The molecule has 1 unspecified atom stereocenters. The summed E-state index contributed by atoms with van der Waals surface area (Å²) >= 11 is 0. The number of anilines is 1. The first kappa shape index (κ1) is 20.8. The highest BCUT2D eigenvalue weighted by molar-refractivity contribution is 5.80. The molecule has 9 heteroatoms. The van der Waals surface area contributed by atoms with Crippen molar-refractivity contribution in [2.75, 3.05) is 38.8 Å². The van der Waals surface area contributed by atoms with Crippen molar-refractivity contribution in [3.8, 4) is 11.5 Å². The maximum atomic E-state index is 5.40. The van der Waals surface area contributed by atoms with Gasteiger partial charge in [-0.25, -0.2) is 4.99 Å². The van der Waals surface area contributed by atoms with Crippen LogP contribution in [0.25, 0.3) is 0 Å². The number of rotatable bonds is 7. The molecule has 0 radical (unpaired) electrons. The Morgan fingerprint density at radius 3 is 2.52 bits per heavy atom. The largest absolute Gasteiger partial charge is 0.497 e. The number of nitrogens with zero attached hydrogens (tertiary/aromatic N) is 5. The van der Waals surface area contributed by atoms with Gasteiger partial charge in [-0.2, -0.15) is 0 Å². The summed E-state index contributed by atoms with van der Waals surface area (Å²) in [6, 6.07) is 6.27. The van der Waals surface area contributed by atoms with Crippen LogP contribution >= 0.6 is 0 Å². The van der Waals surface area contributed by atoms with Crippen LogP contribution in [-0.4, -0.2) is 60.6 Å². The molecule has 1 fully saturated rings. The average molecular weight is 402 g/mol. The van der Waals surface area contributed by atoms with Gasteiger partial charge in [0.2, 0.25) is 0 Å². The molecule has 0 saturated carbocycles. The van der Waals surface area contributed by atoms with Gasteiger partial charge in [-0.3, -0.25) is 0 Å². The van der Waals surface area contributed by atoms with Gasteiger partial charge in [0.25, 0.3) is 0 Å². The van der Waals surface area contributed by atoms with E-state index in [4.69, 9.17) is 9.47 Å². The molecule has 0 spiro atoms. The number of nitrogens with one attached hydrogen (secondary N) is 2. The van der Waals surface area contributed by atoms with Gasteiger partial charge < -0.3 is 29.6 Å². The molecule has 2 aromatic rings. The number of aliphatic imine (C=N–C) groups is 1. The minimum absolute atomic E-state index is 0.297. The Kier molecular flexibility index (Phi) is 6.79. The van der Waals surface area contributed by atoms with E-state index >= 15 is 0 Å². The van der Waals surface area contributed by atoms with Gasteiger partial charge in [0, 0.05) is 56.6 Å². The lowest BCUT2D eigenvalue weighted by atomic mass is 10.2. The zero-order valence-electron chi connectivity index (χ0n) is 17.9. The number of guanidine groups is 1. The van der Waals surface area contributed by atoms with Gasteiger partial charge in [-0.05, 0) is 20.3 Å². The van der Waals surface area contributed by atoms with Crippen molar-refractivity contribution in [1.82, 2.24) is 25.4 Å². The molecular weight excluding hydrogens is 370 g/mol. The van der Waals surface area contributed by atoms with E-state index in [2.05, 4.69) is 37.6 Å². The van der Waals surface area contributed by atoms with Gasteiger partial charge >= 0.3 is 0 Å². The minimum Gasteiger partial charge on any atom is -0.497 e. The molecule has 1 saturated heterocycles. The molecule has 1 aromatic carbocycles. The Balaban J connectivity index is 1.65. The third-order valence-corrected chi connectivity index (χ3v) is 5.14. The Hall–Kier alpha value is -2.97. The van der Waals surface area contributed by atoms with E-state index < -0.39 is 0 Å². The first-order valence-corrected chi connectivity index (χ1v) is 9.91. The van der Waals surface area contributed by atoms with Gasteiger partial charge in [0.15, 0.2) is 11.8 Å². The normalized spacial score (nSPS) is 16.8. The smallest absolute Gasteiger partial charge is 0.191 e. The minimum atomic E-state index is 0.297. The fraction of sp³-hybridized carbons (Fsp3) is 0.550. The van der Waals surface area contributed by atoms with Crippen molar-refractivity contribution < 1.29 is 9.47 Å². The summed E-state index contributed by atoms with van der Waals surface area (Å²) < 4.78 is 12.8. The molecule has 29 heavy (non-hydrogen) atoms. The number of methoxy groups -OCH3 is 2. The van der Waals surface area contributed by atoms with E-state index in [0.29, 0.717) is 12.6 Å². The van der Waals surface area contributed by atoms with Crippen LogP contribution < -0.4 is 25.0 Å². The fourth-order valence-corrected chi connectivity index (χ4v) is 3.34. The van der Waals surface area contributed by atoms with E-state index in [1.807, 2.05) is 36.7 Å². The lowest BCUT2D eigenvalue weighted by Gasteiger charge is -2.21. The number of hydrogen-bond acceptors (Lipinski definition) is 6. The number of ether oxygens (including phenoxy) is 2. The highest BCUT2D eigenvalue weighted by Gasteiger charge is 2.24. The molecule has 3 rings (SSSR count). The molecule has 1 aliphatic heterocycles. The molecule has 2 N–H and O–H groups in total. The second kappa shape index (κ2) is 9.49. The van der Waals surface area contributed by atoms with E-state index in [0.717, 1.165) is 60.8 Å². The van der Waals surface area contributed by atoms with Gasteiger partial charge in [0.1, 0.15) is 23.9 Å². The number of benzene rings is 1. The molecule has 158 valence electrons. The van der Waals surface area contributed by atoms with E-state index in [1.165, 1.54) is 0 Å². The van der Waals surface area contributed by atoms with Crippen molar-refractivity contribution in [1.29, 1.82) is 0 Å². The van der Waals surface area contributed by atoms with Crippen LogP contribution in [-0.2, 0) is 13.6 Å². The highest BCUT2D eigenvalue weighted by atomic mass is 16.5. The van der Waals surface area contributed by atoms with Crippen LogP contribution in [0.3, 0.4) is 0 Å². The van der Waals surface area contributed by atoms with Crippen molar-refractivity contribution in [2.24, 2.45) is 12.0 Å². The molecule has 2 heterocycles. The summed E-state index contributed by atoms with van der Waals surface area (Å²) in [7, 11) is 5.30. The zero-order chi connectivity index (χ0) is 20.8. The molecule has 0 amide bonds. The lowest BCUT2D eigenvalue weighted by molar-refractivity contribution is 0.394. The third kappa shape index (κ3) is 5.10. The average Bonchev–Trinajstić information content (AvgIpc) is 3.33. The van der Waals surface area contributed by atoms with Crippen LogP contribution in [0.15, 0.2) is 23.2 Å². The van der Waals surface area contributed by atoms with Crippen molar-refractivity contribution >= 4 is 11.6 Å². The van der Waals surface area contributed by atoms with Crippen LogP contribution in [0.2, 0.25) is 0 Å². The molecular formula is C20H31N7O2. The number of aromatic nitrogens is 3. The van der Waals surface area contributed by atoms with E-state index in [-0.39, 0.29) is 0 Å². The Labute approximate surface area is 172 Å². The van der Waals surface area contributed by atoms with Crippen LogP contribution in [0.5, 0.6) is 11.5 Å². The second-order valence-corrected chi connectivity index (χ2v) is 7.06. The predicted octanol–water partition coefficient (Wildman–Crippen LogP) is 1.47. The summed E-state index contributed by atoms with van der Waals surface area (Å²) in [5.41, 5.74) is 1.10. The zero-order valence-corrected chi connectivity index (χ0v) is 17.9. The highest BCUT2D eigenvalue weighted by Crippen LogP contribution is 2.30. The Morgan fingerprint density at radius 2 is 1.93 bits per heavy atom. The molecule has 1 aliphatic rings. The fourth-order valence-electron chi connectivity index (χ4n) is 3.34. The van der Waals surface area contributed by atoms with Crippen LogP contribution in [0.1, 0.15) is 25.0 Å². The standard InChI is InChI=1S/C20H31N7O2/c1-6-21-20(22-12-19-25-24-14(2)26(19)3)23-15-7-8-27(13-15)16-9-17(28-4)11-18(10-16)29-5/h9-11,15H,6-8,12-13H2,1-5H3,(H2,21,22,23). The topological polar surface area (TPSA) is 88.8 Å². The maximum absolute atomic E-state index is 5.40. The first-order chi connectivity index (χ1) is 14.0. The SMILES string of the molecule is CCNC(=NCc1nnc(C)n1C)NC1CCN(c2cc(OC)cc(OC)c2)C1. The van der Waals surface area contributed by atoms with Gasteiger partial charge in [-0.1, -0.05) is 0 Å². The summed E-state index contributed by atoms with van der Waals surface area (Å²) in [4.78, 5) is 7.02. The number of hydrogen-bond donors (Lipinski definition) is 2. The molecule has 0 bridgehead atoms. The van der Waals surface area contributed by atoms with Crippen molar-refractivity contribution in [2.45, 2.75) is 32.9 Å². The molecule has 1 aromatic heterocycles. The summed E-state index contributed by atoms with van der Waals surface area (Å²) in [5, 5.41) is 15.1. The van der Waals surface area contributed by atoms with Gasteiger partial charge in [0.05, 0.1) is 14.2 Å². The molecule has 9 nitrogen and oxygen atoms in total. The number of aryl methyl sites for hydroxylation is 1. The first-order valence-electron chi connectivity index (χ1n) is 9.91. The Morgan fingerprint density at radius 1 is 1.21 bits per heavy atom. The summed E-state index contributed by atoms with van der Waals surface area (Å²) in [5.74, 6) is 4.11. The Bertz CT molecular complexity index is 827. The lowest BCUT2D eigenvalue weighted by Crippen LogP contribution is -2.44. The second-order valence-electron chi connectivity index (χ2n) is 7.06. The maximum Gasteiger partial charge on any atom is 0.191 e. The molecule has 0 aliphatic carbocycles. The van der Waals surface area contributed by atoms with Crippen molar-refractivity contribution in [3.63, 3.8) is 0 Å². The quantitative estimate of drug-likeness (QED) is 0.536. The van der Waals surface area contributed by atoms with E-state index in [1.54, 1.807) is 14.2 Å². The van der Waals surface area contributed by atoms with Crippen molar-refractivity contribution in [3.05, 3.63) is 29.8 Å². The van der Waals surface area contributed by atoms with Crippen LogP contribution in [0, 0.1) is 6.92 Å². The summed E-state index contributed by atoms with van der Waals surface area (Å²) in [6.07, 6.45) is 1.02. The summed E-state index contributed by atoms with van der Waals surface area (Å²) in [6.45, 7) is 7.11. The third-order valence-electron chi connectivity index (χ3n) is 5.14. The van der Waals surface area contributed by atoms with Crippen LogP contribution in [0.4, 0.5) is 5.69 Å². The van der Waals surface area contributed by atoms with E-state index in [9.17, 15) is 0 Å². The monoisotopic (exact) mass is 401 g/mol. The molecule has 1 atom stereocenters.